The van der Waals surface area contributed by atoms with Crippen molar-refractivity contribution < 1.29 is 15.1 Å². The zero-order valence-corrected chi connectivity index (χ0v) is 9.46. The summed E-state index contributed by atoms with van der Waals surface area (Å²) in [5.41, 5.74) is 5.47. The van der Waals surface area contributed by atoms with Crippen LogP contribution < -0.4 is 5.73 Å². The molecule has 1 rings (SSSR count). The highest BCUT2D eigenvalue weighted by Crippen LogP contribution is 2.19. The van der Waals surface area contributed by atoms with Crippen LogP contribution >= 0.6 is 0 Å². The largest absolute Gasteiger partial charge is 0.409 e. The second-order valence-electron chi connectivity index (χ2n) is 4.11. The number of nitrogens with zero attached hydrogens (tertiary/aromatic N) is 2. The maximum Gasteiger partial charge on any atom is 0.233 e. The molecule has 1 aliphatic rings. The Morgan fingerprint density at radius 1 is 1.69 bits per heavy atom. The first-order valence-corrected chi connectivity index (χ1v) is 5.51. The second-order valence-corrected chi connectivity index (χ2v) is 4.11. The van der Waals surface area contributed by atoms with E-state index in [0.717, 1.165) is 6.42 Å². The van der Waals surface area contributed by atoms with Crippen molar-refractivity contribution in [3.8, 4) is 0 Å². The number of hydrogen-bond acceptors (Lipinski definition) is 4. The Morgan fingerprint density at radius 3 is 2.81 bits per heavy atom. The van der Waals surface area contributed by atoms with E-state index in [9.17, 15) is 4.79 Å². The van der Waals surface area contributed by atoms with Crippen LogP contribution in [0.25, 0.3) is 0 Å². The van der Waals surface area contributed by atoms with Gasteiger partial charge in [-0.05, 0) is 12.8 Å². The number of nitrogens with two attached hydrogens (primary N) is 1. The van der Waals surface area contributed by atoms with Crippen LogP contribution in [-0.4, -0.2) is 46.7 Å². The molecule has 92 valence electrons. The summed E-state index contributed by atoms with van der Waals surface area (Å²) in [6.07, 6.45) is 1.32. The molecule has 2 atom stereocenters. The molecule has 0 aromatic rings. The summed E-state index contributed by atoms with van der Waals surface area (Å²) in [5.74, 6) is -0.551. The van der Waals surface area contributed by atoms with Crippen LogP contribution in [0, 0.1) is 11.8 Å². The average Bonchev–Trinajstić information content (AvgIpc) is 2.78. The van der Waals surface area contributed by atoms with Crippen molar-refractivity contribution in [1.82, 2.24) is 4.90 Å². The van der Waals surface area contributed by atoms with Crippen molar-refractivity contribution in [1.29, 1.82) is 0 Å². The summed E-state index contributed by atoms with van der Waals surface area (Å²) in [6.45, 7) is 3.12. The lowest BCUT2D eigenvalue weighted by atomic mass is 10.0. The second kappa shape index (κ2) is 5.69. The van der Waals surface area contributed by atoms with Crippen molar-refractivity contribution in [2.45, 2.75) is 19.8 Å². The Bertz CT molecular complexity index is 280. The maximum atomic E-state index is 12.0. The van der Waals surface area contributed by atoms with E-state index in [-0.39, 0.29) is 24.3 Å². The van der Waals surface area contributed by atoms with Crippen molar-refractivity contribution in [2.75, 3.05) is 19.7 Å². The zero-order chi connectivity index (χ0) is 12.1. The fourth-order valence-corrected chi connectivity index (χ4v) is 1.98. The van der Waals surface area contributed by atoms with Crippen molar-refractivity contribution >= 4 is 11.7 Å². The van der Waals surface area contributed by atoms with E-state index in [2.05, 4.69) is 5.16 Å². The van der Waals surface area contributed by atoms with Gasteiger partial charge < -0.3 is 20.9 Å². The lowest BCUT2D eigenvalue weighted by molar-refractivity contribution is -0.132. The van der Waals surface area contributed by atoms with E-state index >= 15 is 0 Å². The number of rotatable bonds is 4. The average molecular weight is 229 g/mol. The number of amides is 1. The minimum absolute atomic E-state index is 0.0417. The molecule has 1 saturated heterocycles. The van der Waals surface area contributed by atoms with Crippen LogP contribution in [0.15, 0.2) is 5.16 Å². The zero-order valence-electron chi connectivity index (χ0n) is 9.46. The van der Waals surface area contributed by atoms with Gasteiger partial charge >= 0.3 is 0 Å². The Labute approximate surface area is 94.7 Å². The summed E-state index contributed by atoms with van der Waals surface area (Å²) in [4.78, 5) is 13.7. The minimum atomic E-state index is -0.553. The molecular formula is C10H19N3O3. The third kappa shape index (κ3) is 2.63. The summed E-state index contributed by atoms with van der Waals surface area (Å²) in [5, 5.41) is 20.5. The Kier molecular flexibility index (Phi) is 4.54. The molecule has 4 N–H and O–H groups in total. The summed E-state index contributed by atoms with van der Waals surface area (Å²) in [6, 6.07) is 0. The molecular weight excluding hydrogens is 210 g/mol. The summed E-state index contributed by atoms with van der Waals surface area (Å²) >= 11 is 0. The summed E-state index contributed by atoms with van der Waals surface area (Å²) in [7, 11) is 0. The fraction of sp³-hybridized carbons (Fsp3) is 0.800. The first-order valence-electron chi connectivity index (χ1n) is 5.51. The molecule has 2 unspecified atom stereocenters. The van der Waals surface area contributed by atoms with E-state index in [4.69, 9.17) is 16.0 Å². The van der Waals surface area contributed by atoms with E-state index in [1.807, 2.05) is 6.92 Å². The predicted molar refractivity (Wildman–Crippen MR) is 59.0 cm³/mol. The monoisotopic (exact) mass is 229 g/mol. The van der Waals surface area contributed by atoms with Gasteiger partial charge in [0, 0.05) is 25.6 Å². The molecule has 1 heterocycles. The molecule has 1 amide bonds. The molecule has 0 bridgehead atoms. The molecule has 1 fully saturated rings. The molecule has 1 aliphatic heterocycles. The minimum Gasteiger partial charge on any atom is -0.409 e. The van der Waals surface area contributed by atoms with E-state index in [0.29, 0.717) is 19.5 Å². The SMILES string of the molecule is CCC(C(=O)N1CCC(CO)C1)C(N)=NO. The number of amidine groups is 1. The van der Waals surface area contributed by atoms with Crippen LogP contribution in [0.1, 0.15) is 19.8 Å². The van der Waals surface area contributed by atoms with E-state index in [1.165, 1.54) is 0 Å². The van der Waals surface area contributed by atoms with Crippen LogP contribution in [-0.2, 0) is 4.79 Å². The number of hydrogen-bond donors (Lipinski definition) is 3. The highest BCUT2D eigenvalue weighted by molar-refractivity contribution is 6.02. The highest BCUT2D eigenvalue weighted by atomic mass is 16.4. The standard InChI is InChI=1S/C10H19N3O3/c1-2-8(9(11)12-16)10(15)13-4-3-7(5-13)6-14/h7-8,14,16H,2-6H2,1H3,(H2,11,12). The predicted octanol–water partition coefficient (Wildman–Crippen LogP) is -0.400. The van der Waals surface area contributed by atoms with Crippen LogP contribution in [0.4, 0.5) is 0 Å². The van der Waals surface area contributed by atoms with Gasteiger partial charge in [0.2, 0.25) is 5.91 Å². The Hall–Kier alpha value is -1.30. The number of oxime groups is 1. The molecule has 0 saturated carbocycles. The number of carbonyl (C=O) groups excluding carboxylic acids is 1. The lowest BCUT2D eigenvalue weighted by Gasteiger charge is -2.21. The van der Waals surface area contributed by atoms with Gasteiger partial charge in [0.1, 0.15) is 0 Å². The summed E-state index contributed by atoms with van der Waals surface area (Å²) < 4.78 is 0. The van der Waals surface area contributed by atoms with Gasteiger partial charge in [-0.3, -0.25) is 4.79 Å². The first kappa shape index (κ1) is 12.8. The van der Waals surface area contributed by atoms with E-state index in [1.54, 1.807) is 4.90 Å². The first-order chi connectivity index (χ1) is 7.63. The lowest BCUT2D eigenvalue weighted by Crippen LogP contribution is -2.40. The van der Waals surface area contributed by atoms with Crippen LogP contribution in [0.3, 0.4) is 0 Å². The van der Waals surface area contributed by atoms with Gasteiger partial charge in [0.15, 0.2) is 5.84 Å². The van der Waals surface area contributed by atoms with Crippen LogP contribution in [0.5, 0.6) is 0 Å². The molecule has 0 aromatic heterocycles. The topological polar surface area (TPSA) is 99.2 Å². The third-order valence-corrected chi connectivity index (χ3v) is 3.03. The Balaban J connectivity index is 2.63. The van der Waals surface area contributed by atoms with Gasteiger partial charge in [-0.2, -0.15) is 0 Å². The van der Waals surface area contributed by atoms with Crippen molar-refractivity contribution in [3.63, 3.8) is 0 Å². The van der Waals surface area contributed by atoms with Gasteiger partial charge in [-0.15, -0.1) is 0 Å². The smallest absolute Gasteiger partial charge is 0.233 e. The van der Waals surface area contributed by atoms with Crippen molar-refractivity contribution in [3.05, 3.63) is 0 Å². The van der Waals surface area contributed by atoms with E-state index < -0.39 is 5.92 Å². The molecule has 6 nitrogen and oxygen atoms in total. The molecule has 0 aliphatic carbocycles. The van der Waals surface area contributed by atoms with Gasteiger partial charge in [-0.25, -0.2) is 0 Å². The van der Waals surface area contributed by atoms with Gasteiger partial charge in [-0.1, -0.05) is 12.1 Å². The maximum absolute atomic E-state index is 12.0. The van der Waals surface area contributed by atoms with Gasteiger partial charge in [0.25, 0.3) is 0 Å². The normalized spacial score (nSPS) is 23.5. The molecule has 0 spiro atoms. The highest BCUT2D eigenvalue weighted by Gasteiger charge is 2.31. The number of likely N-dealkylation sites (tertiary alicyclic amines) is 1. The van der Waals surface area contributed by atoms with Crippen molar-refractivity contribution in [2.24, 2.45) is 22.7 Å². The van der Waals surface area contributed by atoms with Crippen LogP contribution in [0.2, 0.25) is 0 Å². The van der Waals surface area contributed by atoms with Gasteiger partial charge in [0.05, 0.1) is 5.92 Å². The number of aliphatic hydroxyl groups is 1. The fourth-order valence-electron chi connectivity index (χ4n) is 1.98. The third-order valence-electron chi connectivity index (χ3n) is 3.03. The number of aliphatic hydroxyl groups excluding tert-OH is 1. The molecule has 0 radical (unpaired) electrons. The molecule has 0 aromatic carbocycles. The molecule has 16 heavy (non-hydrogen) atoms. The molecule has 6 heteroatoms. The quantitative estimate of drug-likeness (QED) is 0.264. The Morgan fingerprint density at radius 2 is 2.38 bits per heavy atom. The number of carbonyl (C=O) groups is 1.